The zero-order valence-corrected chi connectivity index (χ0v) is 14.8. The van der Waals surface area contributed by atoms with E-state index in [1.54, 1.807) is 12.3 Å². The van der Waals surface area contributed by atoms with Crippen molar-refractivity contribution in [3.63, 3.8) is 0 Å². The van der Waals surface area contributed by atoms with Crippen LogP contribution >= 0.6 is 0 Å². The van der Waals surface area contributed by atoms with Crippen LogP contribution in [0.4, 0.5) is 11.6 Å². The second-order valence-corrected chi connectivity index (χ2v) is 6.61. The number of amides is 1. The minimum atomic E-state index is -0.170. The zero-order chi connectivity index (χ0) is 17.5. The van der Waals surface area contributed by atoms with Gasteiger partial charge in [0.2, 0.25) is 5.95 Å². The highest BCUT2D eigenvalue weighted by atomic mass is 16.1. The number of anilines is 2. The first-order valence-corrected chi connectivity index (χ1v) is 8.44. The Hall–Kier alpha value is -2.43. The molecule has 5 nitrogen and oxygen atoms in total. The average molecular weight is 326 g/mol. The molecule has 0 radical (unpaired) electrons. The molecule has 5 heteroatoms. The Kier molecular flexibility index (Phi) is 6.29. The van der Waals surface area contributed by atoms with E-state index in [9.17, 15) is 4.79 Å². The van der Waals surface area contributed by atoms with Gasteiger partial charge >= 0.3 is 0 Å². The monoisotopic (exact) mass is 326 g/mol. The second-order valence-electron chi connectivity index (χ2n) is 6.61. The van der Waals surface area contributed by atoms with Crippen LogP contribution in [0.5, 0.6) is 0 Å². The predicted octanol–water partition coefficient (Wildman–Crippen LogP) is 4.12. The van der Waals surface area contributed by atoms with Gasteiger partial charge in [-0.3, -0.25) is 4.79 Å². The maximum Gasteiger partial charge on any atom is 0.270 e. The SMILES string of the molecule is CC(C)CCNC(=O)c1ccnc(Nc2ccc(C(C)C)cc2)n1. The van der Waals surface area contributed by atoms with Crippen molar-refractivity contribution in [3.8, 4) is 0 Å². The fourth-order valence-electron chi connectivity index (χ4n) is 2.19. The lowest BCUT2D eigenvalue weighted by molar-refractivity contribution is 0.0947. The van der Waals surface area contributed by atoms with Crippen molar-refractivity contribution in [3.05, 3.63) is 47.8 Å². The molecule has 2 aromatic rings. The number of carbonyl (C=O) groups is 1. The first-order chi connectivity index (χ1) is 11.5. The normalized spacial score (nSPS) is 10.9. The van der Waals surface area contributed by atoms with Crippen LogP contribution in [0.2, 0.25) is 0 Å². The molecule has 2 rings (SSSR count). The lowest BCUT2D eigenvalue weighted by atomic mass is 10.0. The van der Waals surface area contributed by atoms with Crippen LogP contribution in [0.3, 0.4) is 0 Å². The van der Waals surface area contributed by atoms with Crippen LogP contribution < -0.4 is 10.6 Å². The molecule has 128 valence electrons. The molecular weight excluding hydrogens is 300 g/mol. The van der Waals surface area contributed by atoms with Gasteiger partial charge in [-0.05, 0) is 42.0 Å². The van der Waals surface area contributed by atoms with Crippen LogP contribution in [-0.2, 0) is 0 Å². The van der Waals surface area contributed by atoms with E-state index < -0.39 is 0 Å². The number of nitrogens with zero attached hydrogens (tertiary/aromatic N) is 2. The fourth-order valence-corrected chi connectivity index (χ4v) is 2.19. The van der Waals surface area contributed by atoms with Gasteiger partial charge in [0.15, 0.2) is 0 Å². The third-order valence-corrected chi connectivity index (χ3v) is 3.73. The number of aromatic nitrogens is 2. The van der Waals surface area contributed by atoms with Crippen molar-refractivity contribution in [1.29, 1.82) is 0 Å². The van der Waals surface area contributed by atoms with Crippen molar-refractivity contribution in [2.45, 2.75) is 40.0 Å². The summed E-state index contributed by atoms with van der Waals surface area (Å²) in [5, 5.41) is 6.02. The molecule has 0 atom stereocenters. The molecule has 1 amide bonds. The molecule has 0 aliphatic rings. The number of benzene rings is 1. The van der Waals surface area contributed by atoms with Gasteiger partial charge in [0, 0.05) is 18.4 Å². The fraction of sp³-hybridized carbons (Fsp3) is 0.421. The summed E-state index contributed by atoms with van der Waals surface area (Å²) in [6.45, 7) is 9.23. The summed E-state index contributed by atoms with van der Waals surface area (Å²) in [6.07, 6.45) is 2.54. The molecule has 0 aliphatic carbocycles. The van der Waals surface area contributed by atoms with Gasteiger partial charge in [-0.25, -0.2) is 9.97 Å². The predicted molar refractivity (Wildman–Crippen MR) is 97.6 cm³/mol. The summed E-state index contributed by atoms with van der Waals surface area (Å²) in [6, 6.07) is 9.77. The van der Waals surface area contributed by atoms with Gasteiger partial charge in [-0.2, -0.15) is 0 Å². The summed E-state index contributed by atoms with van der Waals surface area (Å²) in [4.78, 5) is 20.6. The Morgan fingerprint density at radius 3 is 2.42 bits per heavy atom. The summed E-state index contributed by atoms with van der Waals surface area (Å²) < 4.78 is 0. The highest BCUT2D eigenvalue weighted by Crippen LogP contribution is 2.19. The number of carbonyl (C=O) groups excluding carboxylic acids is 1. The van der Waals surface area contributed by atoms with Gasteiger partial charge in [0.1, 0.15) is 5.69 Å². The molecule has 1 aromatic carbocycles. The number of hydrogen-bond acceptors (Lipinski definition) is 4. The van der Waals surface area contributed by atoms with Gasteiger partial charge in [0.05, 0.1) is 0 Å². The lowest BCUT2D eigenvalue weighted by Crippen LogP contribution is -2.26. The molecule has 24 heavy (non-hydrogen) atoms. The van der Waals surface area contributed by atoms with E-state index in [0.29, 0.717) is 30.0 Å². The van der Waals surface area contributed by atoms with Gasteiger partial charge < -0.3 is 10.6 Å². The molecule has 0 fully saturated rings. The van der Waals surface area contributed by atoms with E-state index in [4.69, 9.17) is 0 Å². The standard InChI is InChI=1S/C19H26N4O/c1-13(2)9-11-20-18(24)17-10-12-21-19(23-17)22-16-7-5-15(6-8-16)14(3)4/h5-8,10,12-14H,9,11H2,1-4H3,(H,20,24)(H,21,22,23). The van der Waals surface area contributed by atoms with Crippen molar-refractivity contribution in [2.75, 3.05) is 11.9 Å². The summed E-state index contributed by atoms with van der Waals surface area (Å²) in [7, 11) is 0. The van der Waals surface area contributed by atoms with Crippen LogP contribution in [0.15, 0.2) is 36.5 Å². The van der Waals surface area contributed by atoms with E-state index in [-0.39, 0.29) is 5.91 Å². The van der Waals surface area contributed by atoms with Crippen LogP contribution in [-0.4, -0.2) is 22.4 Å². The molecule has 2 N–H and O–H groups in total. The van der Waals surface area contributed by atoms with E-state index >= 15 is 0 Å². The molecule has 0 aliphatic heterocycles. The van der Waals surface area contributed by atoms with E-state index in [1.807, 2.05) is 12.1 Å². The number of hydrogen-bond donors (Lipinski definition) is 2. The lowest BCUT2D eigenvalue weighted by Gasteiger charge is -2.09. The Balaban J connectivity index is 2.00. The van der Waals surface area contributed by atoms with Crippen LogP contribution in [0.1, 0.15) is 56.1 Å². The largest absolute Gasteiger partial charge is 0.351 e. The maximum atomic E-state index is 12.1. The average Bonchev–Trinajstić information content (AvgIpc) is 2.55. The molecule has 0 bridgehead atoms. The highest BCUT2D eigenvalue weighted by molar-refractivity contribution is 5.92. The smallest absolute Gasteiger partial charge is 0.270 e. The van der Waals surface area contributed by atoms with Gasteiger partial charge in [-0.1, -0.05) is 39.8 Å². The van der Waals surface area contributed by atoms with E-state index in [0.717, 1.165) is 12.1 Å². The molecular formula is C19H26N4O. The van der Waals surface area contributed by atoms with Crippen LogP contribution in [0.25, 0.3) is 0 Å². The molecule has 0 saturated carbocycles. The quantitative estimate of drug-likeness (QED) is 0.803. The Morgan fingerprint density at radius 2 is 1.79 bits per heavy atom. The second kappa shape index (κ2) is 8.43. The zero-order valence-electron chi connectivity index (χ0n) is 14.8. The van der Waals surface area contributed by atoms with Gasteiger partial charge in [0.25, 0.3) is 5.91 Å². The first kappa shape index (κ1) is 17.9. The van der Waals surface area contributed by atoms with Crippen LogP contribution in [0, 0.1) is 5.92 Å². The van der Waals surface area contributed by atoms with Crippen molar-refractivity contribution in [1.82, 2.24) is 15.3 Å². The van der Waals surface area contributed by atoms with Crippen molar-refractivity contribution in [2.24, 2.45) is 5.92 Å². The Labute approximate surface area is 143 Å². The molecule has 1 heterocycles. The van der Waals surface area contributed by atoms with Gasteiger partial charge in [-0.15, -0.1) is 0 Å². The third-order valence-electron chi connectivity index (χ3n) is 3.73. The Morgan fingerprint density at radius 1 is 1.08 bits per heavy atom. The van der Waals surface area contributed by atoms with Crippen molar-refractivity contribution < 1.29 is 4.79 Å². The highest BCUT2D eigenvalue weighted by Gasteiger charge is 2.09. The van der Waals surface area contributed by atoms with Crippen molar-refractivity contribution >= 4 is 17.5 Å². The summed E-state index contributed by atoms with van der Waals surface area (Å²) in [5.41, 5.74) is 2.55. The van der Waals surface area contributed by atoms with E-state index in [2.05, 4.69) is 60.4 Å². The first-order valence-electron chi connectivity index (χ1n) is 8.44. The van der Waals surface area contributed by atoms with E-state index in [1.165, 1.54) is 5.56 Å². The molecule has 1 aromatic heterocycles. The number of rotatable bonds is 7. The molecule has 0 spiro atoms. The molecule has 0 unspecified atom stereocenters. The minimum absolute atomic E-state index is 0.170. The third kappa shape index (κ3) is 5.33. The topological polar surface area (TPSA) is 66.9 Å². The maximum absolute atomic E-state index is 12.1. The molecule has 0 saturated heterocycles. The summed E-state index contributed by atoms with van der Waals surface area (Å²) in [5.74, 6) is 1.30. The Bertz CT molecular complexity index is 665. The summed E-state index contributed by atoms with van der Waals surface area (Å²) >= 11 is 0. The number of nitrogens with one attached hydrogen (secondary N) is 2. The minimum Gasteiger partial charge on any atom is -0.351 e.